The highest BCUT2D eigenvalue weighted by Crippen LogP contribution is 2.27. The van der Waals surface area contributed by atoms with Crippen LogP contribution in [0.4, 0.5) is 0 Å². The van der Waals surface area contributed by atoms with Gasteiger partial charge in [-0.1, -0.05) is 18.2 Å². The van der Waals surface area contributed by atoms with E-state index in [1.807, 2.05) is 31.2 Å². The van der Waals surface area contributed by atoms with Gasteiger partial charge in [-0.25, -0.2) is 0 Å². The Labute approximate surface area is 136 Å². The van der Waals surface area contributed by atoms with Crippen molar-refractivity contribution in [3.8, 4) is 11.4 Å². The van der Waals surface area contributed by atoms with Crippen molar-refractivity contribution in [1.82, 2.24) is 20.3 Å². The number of hydrogen-bond donors (Lipinski definition) is 3. The maximum Gasteiger partial charge on any atom is 0.309 e. The summed E-state index contributed by atoms with van der Waals surface area (Å²) in [5, 5.41) is 21.5. The first-order valence-electron chi connectivity index (χ1n) is 7.18. The summed E-state index contributed by atoms with van der Waals surface area (Å²) in [4.78, 5) is 23.4. The van der Waals surface area contributed by atoms with Crippen molar-refractivity contribution >= 4 is 22.8 Å². The molecule has 0 aliphatic carbocycles. The molecule has 0 aliphatic rings. The van der Waals surface area contributed by atoms with Crippen LogP contribution in [-0.2, 0) is 16.1 Å². The van der Waals surface area contributed by atoms with Crippen LogP contribution >= 0.6 is 0 Å². The van der Waals surface area contributed by atoms with Crippen molar-refractivity contribution in [1.29, 1.82) is 0 Å². The van der Waals surface area contributed by atoms with Crippen LogP contribution in [0.3, 0.4) is 0 Å². The Balaban J connectivity index is 1.99. The predicted octanol–water partition coefficient (Wildman–Crippen LogP) is 0.536. The fourth-order valence-corrected chi connectivity index (χ4v) is 2.35. The van der Waals surface area contributed by atoms with E-state index in [0.29, 0.717) is 22.3 Å². The standard InChI is InChI=1S/C16H15N5O3/c1-9-6-10(8-18-16(24)15(17)23)14(22)13(7-9)21-19-11-4-2-3-5-12(11)20-21/h2-7,22H,8H2,1H3,(H2,17,23)(H,18,24). The van der Waals surface area contributed by atoms with Crippen LogP contribution in [0.25, 0.3) is 16.7 Å². The van der Waals surface area contributed by atoms with E-state index < -0.39 is 11.8 Å². The molecule has 0 saturated heterocycles. The van der Waals surface area contributed by atoms with E-state index in [4.69, 9.17) is 5.73 Å². The maximum absolute atomic E-state index is 11.3. The van der Waals surface area contributed by atoms with Gasteiger partial charge in [0, 0.05) is 12.1 Å². The molecular formula is C16H15N5O3. The smallest absolute Gasteiger partial charge is 0.309 e. The van der Waals surface area contributed by atoms with E-state index in [9.17, 15) is 14.7 Å². The van der Waals surface area contributed by atoms with Gasteiger partial charge in [0.2, 0.25) is 0 Å². The number of carbonyl (C=O) groups excluding carboxylic acids is 2. The van der Waals surface area contributed by atoms with Crippen LogP contribution in [0.2, 0.25) is 0 Å². The molecule has 0 radical (unpaired) electrons. The number of nitrogens with one attached hydrogen (secondary N) is 1. The Hall–Kier alpha value is -3.42. The highest BCUT2D eigenvalue weighted by Gasteiger charge is 2.15. The van der Waals surface area contributed by atoms with Gasteiger partial charge >= 0.3 is 11.8 Å². The van der Waals surface area contributed by atoms with Crippen LogP contribution in [0, 0.1) is 6.92 Å². The lowest BCUT2D eigenvalue weighted by molar-refractivity contribution is -0.137. The van der Waals surface area contributed by atoms with E-state index in [1.165, 1.54) is 4.80 Å². The zero-order valence-electron chi connectivity index (χ0n) is 12.9. The Morgan fingerprint density at radius 1 is 1.21 bits per heavy atom. The molecule has 24 heavy (non-hydrogen) atoms. The highest BCUT2D eigenvalue weighted by atomic mass is 16.3. The first-order chi connectivity index (χ1) is 11.5. The Morgan fingerprint density at radius 2 is 1.83 bits per heavy atom. The summed E-state index contributed by atoms with van der Waals surface area (Å²) in [6.07, 6.45) is 0. The molecule has 0 saturated carbocycles. The summed E-state index contributed by atoms with van der Waals surface area (Å²) in [6.45, 7) is 1.80. The number of nitrogens with zero attached hydrogens (tertiary/aromatic N) is 3. The van der Waals surface area contributed by atoms with Crippen LogP contribution in [-0.4, -0.2) is 31.9 Å². The zero-order chi connectivity index (χ0) is 17.3. The van der Waals surface area contributed by atoms with Gasteiger partial charge in [-0.15, -0.1) is 15.0 Å². The molecule has 1 heterocycles. The Kier molecular flexibility index (Phi) is 3.87. The van der Waals surface area contributed by atoms with E-state index in [2.05, 4.69) is 15.5 Å². The summed E-state index contributed by atoms with van der Waals surface area (Å²) in [5.74, 6) is -2.08. The van der Waals surface area contributed by atoms with Crippen molar-refractivity contribution < 1.29 is 14.7 Å². The monoisotopic (exact) mass is 325 g/mol. The van der Waals surface area contributed by atoms with E-state index >= 15 is 0 Å². The summed E-state index contributed by atoms with van der Waals surface area (Å²) < 4.78 is 0. The lowest BCUT2D eigenvalue weighted by Gasteiger charge is -2.11. The number of aromatic nitrogens is 3. The van der Waals surface area contributed by atoms with Crippen molar-refractivity contribution in [2.24, 2.45) is 5.73 Å². The second-order valence-corrected chi connectivity index (χ2v) is 5.32. The molecule has 122 valence electrons. The van der Waals surface area contributed by atoms with Gasteiger partial charge in [-0.3, -0.25) is 9.59 Å². The summed E-state index contributed by atoms with van der Waals surface area (Å²) >= 11 is 0. The SMILES string of the molecule is Cc1cc(CNC(=O)C(N)=O)c(O)c(-n2nc3ccccc3n2)c1. The van der Waals surface area contributed by atoms with Gasteiger partial charge < -0.3 is 16.2 Å². The first-order valence-corrected chi connectivity index (χ1v) is 7.18. The zero-order valence-corrected chi connectivity index (χ0v) is 12.9. The van der Waals surface area contributed by atoms with E-state index in [0.717, 1.165) is 5.56 Å². The number of fused-ring (bicyclic) bond motifs is 1. The molecule has 3 aromatic rings. The minimum Gasteiger partial charge on any atom is -0.505 e. The molecule has 0 atom stereocenters. The molecule has 4 N–H and O–H groups in total. The molecule has 3 rings (SSSR count). The number of benzene rings is 2. The maximum atomic E-state index is 11.3. The third-order valence-electron chi connectivity index (χ3n) is 3.48. The van der Waals surface area contributed by atoms with Gasteiger partial charge in [-0.05, 0) is 30.7 Å². The molecule has 1 aromatic heterocycles. The predicted molar refractivity (Wildman–Crippen MR) is 86.3 cm³/mol. The number of aromatic hydroxyl groups is 1. The van der Waals surface area contributed by atoms with Crippen LogP contribution in [0.5, 0.6) is 5.75 Å². The van der Waals surface area contributed by atoms with E-state index in [1.54, 1.807) is 12.1 Å². The highest BCUT2D eigenvalue weighted by molar-refractivity contribution is 6.34. The molecule has 0 aliphatic heterocycles. The minimum absolute atomic E-state index is 0.0386. The quantitative estimate of drug-likeness (QED) is 0.606. The molecule has 8 heteroatoms. The first kappa shape index (κ1) is 15.5. The molecular weight excluding hydrogens is 310 g/mol. The third kappa shape index (κ3) is 2.89. The largest absolute Gasteiger partial charge is 0.505 e. The fourth-order valence-electron chi connectivity index (χ4n) is 2.35. The lowest BCUT2D eigenvalue weighted by Crippen LogP contribution is -2.35. The number of hydrogen-bond acceptors (Lipinski definition) is 5. The fraction of sp³-hybridized carbons (Fsp3) is 0.125. The number of primary amides is 1. The number of nitrogens with two attached hydrogens (primary N) is 1. The number of carbonyl (C=O) groups is 2. The summed E-state index contributed by atoms with van der Waals surface area (Å²) in [7, 11) is 0. The molecule has 0 unspecified atom stereocenters. The minimum atomic E-state index is -1.08. The number of rotatable bonds is 3. The van der Waals surface area contributed by atoms with Gasteiger partial charge in [-0.2, -0.15) is 0 Å². The van der Waals surface area contributed by atoms with Crippen LogP contribution in [0.1, 0.15) is 11.1 Å². The van der Waals surface area contributed by atoms with Gasteiger partial charge in [0.05, 0.1) is 0 Å². The van der Waals surface area contributed by atoms with Gasteiger partial charge in [0.15, 0.2) is 0 Å². The molecule has 2 aromatic carbocycles. The second-order valence-electron chi connectivity index (χ2n) is 5.32. The molecule has 2 amide bonds. The number of phenols is 1. The average Bonchev–Trinajstić information content (AvgIpc) is 2.98. The van der Waals surface area contributed by atoms with Crippen molar-refractivity contribution in [3.05, 3.63) is 47.5 Å². The lowest BCUT2D eigenvalue weighted by atomic mass is 10.1. The number of phenolic OH excluding ortho intramolecular Hbond substituents is 1. The van der Waals surface area contributed by atoms with Crippen LogP contribution < -0.4 is 11.1 Å². The Morgan fingerprint density at radius 3 is 2.42 bits per heavy atom. The van der Waals surface area contributed by atoms with Crippen molar-refractivity contribution in [3.63, 3.8) is 0 Å². The number of aryl methyl sites for hydroxylation is 1. The molecule has 8 nitrogen and oxygen atoms in total. The topological polar surface area (TPSA) is 123 Å². The Bertz CT molecular complexity index is 915. The summed E-state index contributed by atoms with van der Waals surface area (Å²) in [6, 6.07) is 10.8. The second kappa shape index (κ2) is 5.99. The van der Waals surface area contributed by atoms with Crippen molar-refractivity contribution in [2.75, 3.05) is 0 Å². The third-order valence-corrected chi connectivity index (χ3v) is 3.48. The van der Waals surface area contributed by atoms with Crippen LogP contribution in [0.15, 0.2) is 36.4 Å². The van der Waals surface area contributed by atoms with Gasteiger partial charge in [0.25, 0.3) is 0 Å². The summed E-state index contributed by atoms with van der Waals surface area (Å²) in [5.41, 5.74) is 7.94. The molecule has 0 fully saturated rings. The molecule has 0 spiro atoms. The van der Waals surface area contributed by atoms with E-state index in [-0.39, 0.29) is 12.3 Å². The van der Waals surface area contributed by atoms with Gasteiger partial charge in [0.1, 0.15) is 22.5 Å². The molecule has 0 bridgehead atoms. The average molecular weight is 325 g/mol. The number of amides is 2. The van der Waals surface area contributed by atoms with Crippen molar-refractivity contribution in [2.45, 2.75) is 13.5 Å². The normalized spacial score (nSPS) is 10.7.